The van der Waals surface area contributed by atoms with Crippen molar-refractivity contribution in [2.75, 3.05) is 0 Å². The molecule has 0 saturated heterocycles. The molecule has 3 heteroatoms. The van der Waals surface area contributed by atoms with Gasteiger partial charge in [-0.1, -0.05) is 26.0 Å². The Bertz CT molecular complexity index is 290. The number of benzene rings is 1. The molecule has 1 aromatic rings. The van der Waals surface area contributed by atoms with E-state index in [9.17, 15) is 10.1 Å². The van der Waals surface area contributed by atoms with Gasteiger partial charge in [0, 0.05) is 12.1 Å². The number of nitro benzene ring substituents is 1. The molecule has 0 amide bonds. The molecule has 0 aromatic heterocycles. The quantitative estimate of drug-likeness (QED) is 0.527. The van der Waals surface area contributed by atoms with Crippen molar-refractivity contribution in [1.29, 1.82) is 0 Å². The van der Waals surface area contributed by atoms with Crippen molar-refractivity contribution < 1.29 is 4.92 Å². The van der Waals surface area contributed by atoms with E-state index in [1.54, 1.807) is 12.1 Å². The second kappa shape index (κ2) is 4.03. The van der Waals surface area contributed by atoms with E-state index in [0.29, 0.717) is 0 Å². The standard InChI is InChI=1S/C10H12NO2/c1-8(2)7-9-3-5-10(6-4-9)11(12)13/h3-6H,7H2,1-2H3. The zero-order chi connectivity index (χ0) is 9.84. The van der Waals surface area contributed by atoms with Crippen molar-refractivity contribution in [3.05, 3.63) is 45.9 Å². The van der Waals surface area contributed by atoms with Crippen molar-refractivity contribution in [2.45, 2.75) is 20.3 Å². The maximum Gasteiger partial charge on any atom is 0.269 e. The molecule has 0 saturated carbocycles. The normalized spacial score (nSPS) is 10.4. The van der Waals surface area contributed by atoms with Gasteiger partial charge in [-0.2, -0.15) is 0 Å². The van der Waals surface area contributed by atoms with Gasteiger partial charge in [0.25, 0.3) is 5.69 Å². The lowest BCUT2D eigenvalue weighted by atomic mass is 10.0. The highest BCUT2D eigenvalue weighted by molar-refractivity contribution is 5.33. The molecule has 69 valence electrons. The molecule has 0 heterocycles. The van der Waals surface area contributed by atoms with E-state index < -0.39 is 0 Å². The summed E-state index contributed by atoms with van der Waals surface area (Å²) in [4.78, 5) is 9.95. The van der Waals surface area contributed by atoms with Crippen LogP contribution in [0.15, 0.2) is 24.3 Å². The number of rotatable bonds is 3. The Labute approximate surface area is 77.5 Å². The van der Waals surface area contributed by atoms with Crippen molar-refractivity contribution in [3.63, 3.8) is 0 Å². The fourth-order valence-corrected chi connectivity index (χ4v) is 1.14. The summed E-state index contributed by atoms with van der Waals surface area (Å²) in [5, 5.41) is 10.3. The summed E-state index contributed by atoms with van der Waals surface area (Å²) in [6.45, 7) is 4.09. The van der Waals surface area contributed by atoms with Gasteiger partial charge < -0.3 is 0 Å². The minimum absolute atomic E-state index is 0.150. The molecule has 3 nitrogen and oxygen atoms in total. The van der Waals surface area contributed by atoms with Crippen LogP contribution < -0.4 is 0 Å². The number of hydrogen-bond donors (Lipinski definition) is 0. The highest BCUT2D eigenvalue weighted by atomic mass is 16.6. The van der Waals surface area contributed by atoms with Gasteiger partial charge in [-0.25, -0.2) is 0 Å². The van der Waals surface area contributed by atoms with Gasteiger partial charge in [-0.05, 0) is 17.9 Å². The van der Waals surface area contributed by atoms with Gasteiger partial charge in [0.05, 0.1) is 4.92 Å². The monoisotopic (exact) mass is 178 g/mol. The van der Waals surface area contributed by atoms with Crippen molar-refractivity contribution in [2.24, 2.45) is 0 Å². The number of nitrogens with zero attached hydrogens (tertiary/aromatic N) is 1. The lowest BCUT2D eigenvalue weighted by Gasteiger charge is -2.02. The van der Waals surface area contributed by atoms with Gasteiger partial charge in [0.1, 0.15) is 0 Å². The summed E-state index contributed by atoms with van der Waals surface area (Å²) in [6.07, 6.45) is 0.887. The van der Waals surface area contributed by atoms with E-state index in [4.69, 9.17) is 0 Å². The Morgan fingerprint density at radius 1 is 1.31 bits per heavy atom. The van der Waals surface area contributed by atoms with Crippen LogP contribution in [0.5, 0.6) is 0 Å². The Morgan fingerprint density at radius 2 is 1.85 bits per heavy atom. The maximum atomic E-state index is 10.3. The summed E-state index contributed by atoms with van der Waals surface area (Å²) in [5.74, 6) is 1.30. The predicted molar refractivity (Wildman–Crippen MR) is 51.4 cm³/mol. The Hall–Kier alpha value is -1.38. The molecule has 0 aliphatic heterocycles. The van der Waals surface area contributed by atoms with Crippen molar-refractivity contribution in [3.8, 4) is 0 Å². The first-order chi connectivity index (χ1) is 6.09. The minimum Gasteiger partial charge on any atom is -0.258 e. The van der Waals surface area contributed by atoms with Gasteiger partial charge in [0.2, 0.25) is 0 Å². The average Bonchev–Trinajstić information content (AvgIpc) is 2.04. The van der Waals surface area contributed by atoms with E-state index in [2.05, 4.69) is 0 Å². The van der Waals surface area contributed by atoms with Crippen LogP contribution in [0.4, 0.5) is 5.69 Å². The highest BCUT2D eigenvalue weighted by Crippen LogP contribution is 2.14. The number of hydrogen-bond acceptors (Lipinski definition) is 2. The zero-order valence-electron chi connectivity index (χ0n) is 7.78. The topological polar surface area (TPSA) is 43.1 Å². The molecule has 0 aliphatic rings. The largest absolute Gasteiger partial charge is 0.269 e. The van der Waals surface area contributed by atoms with Crippen LogP contribution in [-0.4, -0.2) is 4.92 Å². The van der Waals surface area contributed by atoms with Crippen LogP contribution in [0.2, 0.25) is 0 Å². The molecule has 13 heavy (non-hydrogen) atoms. The minimum atomic E-state index is -0.383. The molecule has 0 N–H and O–H groups in total. The molecule has 0 fully saturated rings. The summed E-state index contributed by atoms with van der Waals surface area (Å²) < 4.78 is 0. The van der Waals surface area contributed by atoms with Crippen LogP contribution in [0.1, 0.15) is 19.4 Å². The smallest absolute Gasteiger partial charge is 0.258 e. The van der Waals surface area contributed by atoms with E-state index in [0.717, 1.165) is 12.0 Å². The number of non-ortho nitro benzene ring substituents is 1. The fraction of sp³-hybridized carbons (Fsp3) is 0.300. The molecule has 0 spiro atoms. The second-order valence-corrected chi connectivity index (χ2v) is 3.31. The molecule has 0 aliphatic carbocycles. The molecular weight excluding hydrogens is 166 g/mol. The van der Waals surface area contributed by atoms with Gasteiger partial charge in [-0.3, -0.25) is 10.1 Å². The van der Waals surface area contributed by atoms with E-state index >= 15 is 0 Å². The van der Waals surface area contributed by atoms with E-state index in [1.165, 1.54) is 18.1 Å². The summed E-state index contributed by atoms with van der Waals surface area (Å²) in [6, 6.07) is 6.67. The van der Waals surface area contributed by atoms with Crippen LogP contribution >= 0.6 is 0 Å². The lowest BCUT2D eigenvalue weighted by molar-refractivity contribution is -0.384. The maximum absolute atomic E-state index is 10.3. The molecule has 0 unspecified atom stereocenters. The zero-order valence-corrected chi connectivity index (χ0v) is 7.78. The SMILES string of the molecule is C[C](C)Cc1ccc([N+](=O)[O-])cc1. The first-order valence-corrected chi connectivity index (χ1v) is 4.12. The van der Waals surface area contributed by atoms with Crippen molar-refractivity contribution in [1.82, 2.24) is 0 Å². The summed E-state index contributed by atoms with van der Waals surface area (Å²) >= 11 is 0. The first kappa shape index (κ1) is 9.71. The molecule has 1 rings (SSSR count). The van der Waals surface area contributed by atoms with Crippen molar-refractivity contribution >= 4 is 5.69 Å². The lowest BCUT2D eigenvalue weighted by Crippen LogP contribution is -1.92. The third-order valence-electron chi connectivity index (χ3n) is 1.70. The first-order valence-electron chi connectivity index (χ1n) is 4.12. The van der Waals surface area contributed by atoms with Gasteiger partial charge in [-0.15, -0.1) is 0 Å². The van der Waals surface area contributed by atoms with E-state index in [-0.39, 0.29) is 10.6 Å². The number of nitro groups is 1. The average molecular weight is 178 g/mol. The molecule has 0 bridgehead atoms. The van der Waals surface area contributed by atoms with Crippen LogP contribution in [0.3, 0.4) is 0 Å². The Kier molecular flexibility index (Phi) is 3.01. The predicted octanol–water partition coefficient (Wildman–Crippen LogP) is 2.75. The molecule has 1 radical (unpaired) electrons. The molecular formula is C10H12NO2. The van der Waals surface area contributed by atoms with Crippen LogP contribution in [-0.2, 0) is 6.42 Å². The van der Waals surface area contributed by atoms with Crippen LogP contribution in [0.25, 0.3) is 0 Å². The summed E-state index contributed by atoms with van der Waals surface area (Å²) in [5.41, 5.74) is 1.27. The van der Waals surface area contributed by atoms with Crippen LogP contribution in [0, 0.1) is 16.0 Å². The summed E-state index contributed by atoms with van der Waals surface area (Å²) in [7, 11) is 0. The second-order valence-electron chi connectivity index (χ2n) is 3.31. The third kappa shape index (κ3) is 2.86. The highest BCUT2D eigenvalue weighted by Gasteiger charge is 2.04. The Morgan fingerprint density at radius 3 is 2.23 bits per heavy atom. The van der Waals surface area contributed by atoms with Gasteiger partial charge >= 0.3 is 0 Å². The van der Waals surface area contributed by atoms with Gasteiger partial charge in [0.15, 0.2) is 0 Å². The fourth-order valence-electron chi connectivity index (χ4n) is 1.14. The molecule has 0 atom stereocenters. The van der Waals surface area contributed by atoms with E-state index in [1.807, 2.05) is 13.8 Å². The third-order valence-corrected chi connectivity index (χ3v) is 1.70. The molecule has 1 aromatic carbocycles. The Balaban J connectivity index is 2.75.